The van der Waals surface area contributed by atoms with E-state index in [1.54, 1.807) is 32.4 Å². The number of nitrogens with two attached hydrogens (primary N) is 1. The average molecular weight is 279 g/mol. The maximum Gasteiger partial charge on any atom is 0.142 e. The normalized spacial score (nSPS) is 10.1. The molecule has 0 heterocycles. The highest BCUT2D eigenvalue weighted by Gasteiger charge is 2.07. The standard InChI is InChI=1S/C14H15ClN2O2/c1-18-10-4-6-14(19-2)13(8-10)17-12-7-9(15)3-5-11(12)16/h3-8,17H,16H2,1-2H3. The van der Waals surface area contributed by atoms with Crippen molar-refractivity contribution >= 4 is 28.7 Å². The van der Waals surface area contributed by atoms with Gasteiger partial charge in [-0.1, -0.05) is 11.6 Å². The van der Waals surface area contributed by atoms with E-state index in [1.165, 1.54) is 0 Å². The molecule has 0 spiro atoms. The van der Waals surface area contributed by atoms with Gasteiger partial charge < -0.3 is 20.5 Å². The van der Waals surface area contributed by atoms with E-state index in [4.69, 9.17) is 26.8 Å². The van der Waals surface area contributed by atoms with E-state index < -0.39 is 0 Å². The molecule has 5 heteroatoms. The van der Waals surface area contributed by atoms with Gasteiger partial charge in [0.05, 0.1) is 31.3 Å². The molecule has 4 nitrogen and oxygen atoms in total. The summed E-state index contributed by atoms with van der Waals surface area (Å²) in [5.41, 5.74) is 7.99. The van der Waals surface area contributed by atoms with Gasteiger partial charge in [-0.25, -0.2) is 0 Å². The van der Waals surface area contributed by atoms with Gasteiger partial charge in [-0.15, -0.1) is 0 Å². The van der Waals surface area contributed by atoms with Gasteiger partial charge in [-0.2, -0.15) is 0 Å². The molecule has 0 bridgehead atoms. The molecule has 0 aliphatic carbocycles. The van der Waals surface area contributed by atoms with Crippen LogP contribution in [0.3, 0.4) is 0 Å². The number of ether oxygens (including phenoxy) is 2. The van der Waals surface area contributed by atoms with E-state index in [0.29, 0.717) is 16.5 Å². The Morgan fingerprint density at radius 1 is 1.00 bits per heavy atom. The highest BCUT2D eigenvalue weighted by atomic mass is 35.5. The molecule has 19 heavy (non-hydrogen) atoms. The Morgan fingerprint density at radius 3 is 2.47 bits per heavy atom. The fraction of sp³-hybridized carbons (Fsp3) is 0.143. The lowest BCUT2D eigenvalue weighted by Crippen LogP contribution is -1.99. The van der Waals surface area contributed by atoms with E-state index in [9.17, 15) is 0 Å². The van der Waals surface area contributed by atoms with Crippen molar-refractivity contribution in [2.75, 3.05) is 25.3 Å². The van der Waals surface area contributed by atoms with Gasteiger partial charge in [0.1, 0.15) is 11.5 Å². The zero-order chi connectivity index (χ0) is 13.8. The maximum atomic E-state index is 5.96. The van der Waals surface area contributed by atoms with E-state index in [-0.39, 0.29) is 0 Å². The molecule has 0 amide bonds. The molecule has 0 fully saturated rings. The minimum Gasteiger partial charge on any atom is -0.497 e. The Bertz CT molecular complexity index is 588. The number of hydrogen-bond acceptors (Lipinski definition) is 4. The maximum absolute atomic E-state index is 5.96. The zero-order valence-corrected chi connectivity index (χ0v) is 11.5. The molecule has 100 valence electrons. The molecule has 2 aromatic carbocycles. The van der Waals surface area contributed by atoms with Crippen molar-refractivity contribution in [2.45, 2.75) is 0 Å². The number of halogens is 1. The number of rotatable bonds is 4. The van der Waals surface area contributed by atoms with Crippen LogP contribution in [0.4, 0.5) is 17.1 Å². The summed E-state index contributed by atoms with van der Waals surface area (Å²) in [5, 5.41) is 3.80. The quantitative estimate of drug-likeness (QED) is 0.838. The number of nitrogens with one attached hydrogen (secondary N) is 1. The fourth-order valence-electron chi connectivity index (χ4n) is 1.69. The van der Waals surface area contributed by atoms with Crippen molar-refractivity contribution < 1.29 is 9.47 Å². The van der Waals surface area contributed by atoms with Gasteiger partial charge >= 0.3 is 0 Å². The molecule has 0 saturated heterocycles. The van der Waals surface area contributed by atoms with Crippen LogP contribution in [-0.2, 0) is 0 Å². The molecule has 0 radical (unpaired) electrons. The van der Waals surface area contributed by atoms with Crippen molar-refractivity contribution in [2.24, 2.45) is 0 Å². The predicted molar refractivity (Wildman–Crippen MR) is 78.7 cm³/mol. The van der Waals surface area contributed by atoms with E-state index in [0.717, 1.165) is 17.1 Å². The number of nitrogen functional groups attached to an aromatic ring is 1. The largest absolute Gasteiger partial charge is 0.497 e. The summed E-state index contributed by atoms with van der Waals surface area (Å²) in [6, 6.07) is 10.7. The SMILES string of the molecule is COc1ccc(OC)c(Nc2cc(Cl)ccc2N)c1. The van der Waals surface area contributed by atoms with Gasteiger partial charge in [-0.05, 0) is 30.3 Å². The molecular weight excluding hydrogens is 264 g/mol. The van der Waals surface area contributed by atoms with E-state index in [2.05, 4.69) is 5.32 Å². The Morgan fingerprint density at radius 2 is 1.79 bits per heavy atom. The third-order valence-corrected chi connectivity index (χ3v) is 2.93. The van der Waals surface area contributed by atoms with Gasteiger partial charge in [0.15, 0.2) is 0 Å². The smallest absolute Gasteiger partial charge is 0.142 e. The number of hydrogen-bond donors (Lipinski definition) is 2. The van der Waals surface area contributed by atoms with Crippen LogP contribution in [0.1, 0.15) is 0 Å². The molecule has 0 aliphatic rings. The number of anilines is 3. The highest BCUT2D eigenvalue weighted by Crippen LogP contribution is 2.34. The van der Waals surface area contributed by atoms with Crippen molar-refractivity contribution in [1.82, 2.24) is 0 Å². The number of methoxy groups -OCH3 is 2. The van der Waals surface area contributed by atoms with Crippen LogP contribution < -0.4 is 20.5 Å². The fourth-order valence-corrected chi connectivity index (χ4v) is 1.87. The highest BCUT2D eigenvalue weighted by molar-refractivity contribution is 6.31. The number of benzene rings is 2. The minimum absolute atomic E-state index is 0.606. The van der Waals surface area contributed by atoms with Gasteiger partial charge in [0, 0.05) is 11.1 Å². The van der Waals surface area contributed by atoms with Crippen LogP contribution in [0.25, 0.3) is 0 Å². The first-order valence-corrected chi connectivity index (χ1v) is 6.06. The first kappa shape index (κ1) is 13.4. The summed E-state index contributed by atoms with van der Waals surface area (Å²) in [6.07, 6.45) is 0. The lowest BCUT2D eigenvalue weighted by molar-refractivity contribution is 0.405. The van der Waals surface area contributed by atoms with Crippen molar-refractivity contribution in [3.63, 3.8) is 0 Å². The van der Waals surface area contributed by atoms with Crippen molar-refractivity contribution in [3.05, 3.63) is 41.4 Å². The third-order valence-electron chi connectivity index (χ3n) is 2.69. The summed E-state index contributed by atoms with van der Waals surface area (Å²) in [4.78, 5) is 0. The van der Waals surface area contributed by atoms with Crippen LogP contribution in [0, 0.1) is 0 Å². The second-order valence-corrected chi connectivity index (χ2v) is 4.36. The Balaban J connectivity index is 2.38. The first-order valence-electron chi connectivity index (χ1n) is 5.68. The molecule has 3 N–H and O–H groups in total. The second kappa shape index (κ2) is 5.71. The molecule has 2 aromatic rings. The minimum atomic E-state index is 0.606. The van der Waals surface area contributed by atoms with Crippen LogP contribution in [-0.4, -0.2) is 14.2 Å². The van der Waals surface area contributed by atoms with Crippen LogP contribution in [0.5, 0.6) is 11.5 Å². The summed E-state index contributed by atoms with van der Waals surface area (Å²) in [5.74, 6) is 1.42. The molecular formula is C14H15ClN2O2. The van der Waals surface area contributed by atoms with Crippen molar-refractivity contribution in [1.29, 1.82) is 0 Å². The topological polar surface area (TPSA) is 56.5 Å². The van der Waals surface area contributed by atoms with E-state index >= 15 is 0 Å². The third kappa shape index (κ3) is 3.03. The zero-order valence-electron chi connectivity index (χ0n) is 10.7. The lowest BCUT2D eigenvalue weighted by Gasteiger charge is -2.14. The van der Waals surface area contributed by atoms with E-state index in [1.807, 2.05) is 18.2 Å². The summed E-state index contributed by atoms with van der Waals surface area (Å²) >= 11 is 5.96. The lowest BCUT2D eigenvalue weighted by atomic mass is 10.2. The molecule has 0 unspecified atom stereocenters. The summed E-state index contributed by atoms with van der Waals surface area (Å²) in [6.45, 7) is 0. The molecule has 2 rings (SSSR count). The van der Waals surface area contributed by atoms with Gasteiger partial charge in [0.2, 0.25) is 0 Å². The van der Waals surface area contributed by atoms with Crippen LogP contribution in [0.2, 0.25) is 5.02 Å². The monoisotopic (exact) mass is 278 g/mol. The van der Waals surface area contributed by atoms with Crippen LogP contribution in [0.15, 0.2) is 36.4 Å². The van der Waals surface area contributed by atoms with Gasteiger partial charge in [0.25, 0.3) is 0 Å². The second-order valence-electron chi connectivity index (χ2n) is 3.92. The Hall–Kier alpha value is -2.07. The first-order chi connectivity index (χ1) is 9.13. The summed E-state index contributed by atoms with van der Waals surface area (Å²) < 4.78 is 10.5. The average Bonchev–Trinajstić information content (AvgIpc) is 2.42. The summed E-state index contributed by atoms with van der Waals surface area (Å²) in [7, 11) is 3.22. The Labute approximate surface area is 117 Å². The van der Waals surface area contributed by atoms with Gasteiger partial charge in [-0.3, -0.25) is 0 Å². The molecule has 0 aliphatic heterocycles. The molecule has 0 atom stereocenters. The van der Waals surface area contributed by atoms with Crippen LogP contribution >= 0.6 is 11.6 Å². The molecule has 0 saturated carbocycles. The Kier molecular flexibility index (Phi) is 4.02. The molecule has 0 aromatic heterocycles. The van der Waals surface area contributed by atoms with Crippen molar-refractivity contribution in [3.8, 4) is 11.5 Å². The predicted octanol–water partition coefficient (Wildman–Crippen LogP) is 3.68.